The number of nitrogens with zero attached hydrogens (tertiary/aromatic N) is 4. The summed E-state index contributed by atoms with van der Waals surface area (Å²) < 4.78 is 38.0. The first kappa shape index (κ1) is 14.4. The molecule has 1 aromatic heterocycles. The molecule has 1 rings (SSSR count). The van der Waals surface area contributed by atoms with Crippen molar-refractivity contribution in [1.82, 2.24) is 19.7 Å². The summed E-state index contributed by atoms with van der Waals surface area (Å²) >= 11 is 0. The van der Waals surface area contributed by atoms with Crippen LogP contribution in [0, 0.1) is 0 Å². The van der Waals surface area contributed by atoms with E-state index in [-0.39, 0.29) is 6.54 Å². The van der Waals surface area contributed by atoms with Gasteiger partial charge in [0.05, 0.1) is 6.61 Å². The van der Waals surface area contributed by atoms with Crippen molar-refractivity contribution in [3.8, 4) is 0 Å². The number of hydrogen-bond donors (Lipinski definition) is 1. The number of aliphatic hydroxyl groups excluding tert-OH is 1. The molecule has 1 unspecified atom stereocenters. The lowest BCUT2D eigenvalue weighted by Crippen LogP contribution is -2.43. The molecule has 1 heterocycles. The average molecular weight is 266 g/mol. The molecule has 0 aromatic carbocycles. The fourth-order valence-electron chi connectivity index (χ4n) is 1.40. The van der Waals surface area contributed by atoms with Crippen LogP contribution < -0.4 is 0 Å². The zero-order chi connectivity index (χ0) is 13.8. The van der Waals surface area contributed by atoms with Crippen LogP contribution in [0.2, 0.25) is 0 Å². The van der Waals surface area contributed by atoms with E-state index in [1.165, 1.54) is 19.6 Å². The zero-order valence-corrected chi connectivity index (χ0v) is 9.63. The summed E-state index contributed by atoms with van der Waals surface area (Å²) in [6.45, 7) is -0.896. The number of halogens is 3. The maximum atomic E-state index is 12.3. The second-order valence-electron chi connectivity index (χ2n) is 3.65. The highest BCUT2D eigenvalue weighted by Crippen LogP contribution is 2.18. The fourth-order valence-corrected chi connectivity index (χ4v) is 1.40. The molecule has 0 radical (unpaired) electrons. The van der Waals surface area contributed by atoms with Crippen molar-refractivity contribution in [2.24, 2.45) is 0 Å². The van der Waals surface area contributed by atoms with Crippen LogP contribution in [0.15, 0.2) is 12.7 Å². The van der Waals surface area contributed by atoms with E-state index in [0.29, 0.717) is 4.90 Å². The van der Waals surface area contributed by atoms with E-state index < -0.39 is 31.3 Å². The van der Waals surface area contributed by atoms with Gasteiger partial charge in [-0.1, -0.05) is 0 Å². The van der Waals surface area contributed by atoms with Gasteiger partial charge in [0.1, 0.15) is 25.2 Å². The summed E-state index contributed by atoms with van der Waals surface area (Å²) in [4.78, 5) is 16.0. The Kier molecular flexibility index (Phi) is 4.65. The van der Waals surface area contributed by atoms with Gasteiger partial charge < -0.3 is 10.0 Å². The van der Waals surface area contributed by atoms with Crippen molar-refractivity contribution in [1.29, 1.82) is 0 Å². The van der Waals surface area contributed by atoms with Gasteiger partial charge in [-0.3, -0.25) is 4.79 Å². The first-order valence-corrected chi connectivity index (χ1v) is 5.15. The molecule has 0 aliphatic heterocycles. The number of aliphatic hydroxyl groups is 1. The maximum Gasteiger partial charge on any atom is 0.406 e. The SMILES string of the molecule is CC(C(=O)N(CCO)CC(F)(F)F)n1cncn1. The second kappa shape index (κ2) is 5.80. The molecule has 1 atom stereocenters. The Labute approximate surface area is 101 Å². The summed E-state index contributed by atoms with van der Waals surface area (Å²) in [6.07, 6.45) is -2.08. The molecule has 18 heavy (non-hydrogen) atoms. The van der Waals surface area contributed by atoms with Crippen LogP contribution in [-0.2, 0) is 4.79 Å². The molecule has 0 fully saturated rings. The summed E-state index contributed by atoms with van der Waals surface area (Å²) in [5, 5.41) is 12.4. The van der Waals surface area contributed by atoms with Gasteiger partial charge in [-0.2, -0.15) is 18.3 Å². The van der Waals surface area contributed by atoms with Gasteiger partial charge in [0, 0.05) is 6.54 Å². The first-order valence-electron chi connectivity index (χ1n) is 5.15. The standard InChI is InChI=1S/C9H13F3N4O2/c1-7(16-6-13-5-14-16)8(18)15(2-3-17)4-9(10,11)12/h5-7,17H,2-4H2,1H3. The van der Waals surface area contributed by atoms with Crippen molar-refractivity contribution >= 4 is 5.91 Å². The summed E-state index contributed by atoms with van der Waals surface area (Å²) in [5.41, 5.74) is 0. The predicted molar refractivity (Wildman–Crippen MR) is 54.5 cm³/mol. The van der Waals surface area contributed by atoms with E-state index in [0.717, 1.165) is 4.68 Å². The van der Waals surface area contributed by atoms with Gasteiger partial charge in [0.2, 0.25) is 5.91 Å². The van der Waals surface area contributed by atoms with E-state index in [9.17, 15) is 18.0 Å². The second-order valence-corrected chi connectivity index (χ2v) is 3.65. The Balaban J connectivity index is 2.76. The molecular weight excluding hydrogens is 253 g/mol. The highest BCUT2D eigenvalue weighted by atomic mass is 19.4. The van der Waals surface area contributed by atoms with Crippen LogP contribution in [0.4, 0.5) is 13.2 Å². The molecule has 1 amide bonds. The number of carbonyl (C=O) groups excluding carboxylic acids is 1. The van der Waals surface area contributed by atoms with Gasteiger partial charge in [0.25, 0.3) is 0 Å². The van der Waals surface area contributed by atoms with Crippen LogP contribution in [0.25, 0.3) is 0 Å². The number of carbonyl (C=O) groups is 1. The third-order valence-electron chi connectivity index (χ3n) is 2.24. The van der Waals surface area contributed by atoms with Crippen molar-refractivity contribution < 1.29 is 23.1 Å². The van der Waals surface area contributed by atoms with E-state index >= 15 is 0 Å². The van der Waals surface area contributed by atoms with Crippen LogP contribution in [-0.4, -0.2) is 56.6 Å². The Bertz CT molecular complexity index is 380. The number of alkyl halides is 3. The number of amides is 1. The minimum absolute atomic E-state index is 0.378. The number of hydrogen-bond acceptors (Lipinski definition) is 4. The largest absolute Gasteiger partial charge is 0.406 e. The van der Waals surface area contributed by atoms with Crippen LogP contribution in [0.3, 0.4) is 0 Å². The normalized spacial score (nSPS) is 13.4. The summed E-state index contributed by atoms with van der Waals surface area (Å²) in [7, 11) is 0. The van der Waals surface area contributed by atoms with Gasteiger partial charge >= 0.3 is 6.18 Å². The van der Waals surface area contributed by atoms with Crippen molar-refractivity contribution in [3.05, 3.63) is 12.7 Å². The molecule has 102 valence electrons. The molecule has 9 heteroatoms. The lowest BCUT2D eigenvalue weighted by Gasteiger charge is -2.25. The number of rotatable bonds is 5. The third-order valence-corrected chi connectivity index (χ3v) is 2.24. The highest BCUT2D eigenvalue weighted by Gasteiger charge is 2.34. The van der Waals surface area contributed by atoms with Crippen molar-refractivity contribution in [2.45, 2.75) is 19.1 Å². The molecule has 0 aliphatic rings. The quantitative estimate of drug-likeness (QED) is 0.827. The molecule has 1 aromatic rings. The van der Waals surface area contributed by atoms with Gasteiger partial charge in [-0.25, -0.2) is 9.67 Å². The lowest BCUT2D eigenvalue weighted by atomic mass is 10.3. The lowest BCUT2D eigenvalue weighted by molar-refractivity contribution is -0.164. The van der Waals surface area contributed by atoms with Gasteiger partial charge in [0.15, 0.2) is 0 Å². The molecule has 0 bridgehead atoms. The summed E-state index contributed by atoms with van der Waals surface area (Å²) in [6, 6.07) is -0.901. The smallest absolute Gasteiger partial charge is 0.395 e. The minimum Gasteiger partial charge on any atom is -0.395 e. The van der Waals surface area contributed by atoms with Crippen molar-refractivity contribution in [2.75, 3.05) is 19.7 Å². The average Bonchev–Trinajstić information content (AvgIpc) is 2.78. The third kappa shape index (κ3) is 3.99. The molecule has 0 spiro atoms. The Morgan fingerprint density at radius 1 is 1.56 bits per heavy atom. The van der Waals surface area contributed by atoms with Crippen LogP contribution in [0.1, 0.15) is 13.0 Å². The van der Waals surface area contributed by atoms with E-state index in [1.54, 1.807) is 0 Å². The fraction of sp³-hybridized carbons (Fsp3) is 0.667. The zero-order valence-electron chi connectivity index (χ0n) is 9.63. The van der Waals surface area contributed by atoms with Gasteiger partial charge in [-0.15, -0.1) is 0 Å². The monoisotopic (exact) mass is 266 g/mol. The molecular formula is C9H13F3N4O2. The topological polar surface area (TPSA) is 71.2 Å². The predicted octanol–water partition coefficient (Wildman–Crippen LogP) is 0.222. The molecule has 0 aliphatic carbocycles. The van der Waals surface area contributed by atoms with Crippen LogP contribution >= 0.6 is 0 Å². The Hall–Kier alpha value is -1.64. The van der Waals surface area contributed by atoms with E-state index in [2.05, 4.69) is 10.1 Å². The number of aromatic nitrogens is 3. The Morgan fingerprint density at radius 2 is 2.22 bits per heavy atom. The maximum absolute atomic E-state index is 12.3. The van der Waals surface area contributed by atoms with E-state index in [1.807, 2.05) is 0 Å². The molecule has 6 nitrogen and oxygen atoms in total. The molecule has 1 N–H and O–H groups in total. The Morgan fingerprint density at radius 3 is 2.67 bits per heavy atom. The minimum atomic E-state index is -4.51. The highest BCUT2D eigenvalue weighted by molar-refractivity contribution is 5.80. The van der Waals surface area contributed by atoms with Gasteiger partial charge in [-0.05, 0) is 6.92 Å². The molecule has 0 saturated heterocycles. The van der Waals surface area contributed by atoms with E-state index in [4.69, 9.17) is 5.11 Å². The summed E-state index contributed by atoms with van der Waals surface area (Å²) in [5.74, 6) is -0.771. The molecule has 0 saturated carbocycles. The van der Waals surface area contributed by atoms with Crippen LogP contribution in [0.5, 0.6) is 0 Å². The van der Waals surface area contributed by atoms with Crippen molar-refractivity contribution in [3.63, 3.8) is 0 Å². The first-order chi connectivity index (χ1) is 8.35.